The molecule has 0 radical (unpaired) electrons. The first-order valence-corrected chi connectivity index (χ1v) is 7.58. The summed E-state index contributed by atoms with van der Waals surface area (Å²) in [5.74, 6) is -0.214. The molecule has 0 bridgehead atoms. The minimum atomic E-state index is -0.631. The van der Waals surface area contributed by atoms with E-state index in [9.17, 15) is 9.90 Å². The van der Waals surface area contributed by atoms with Gasteiger partial charge in [0.05, 0.1) is 18.3 Å². The monoisotopic (exact) mass is 305 g/mol. The maximum Gasteiger partial charge on any atom is 0.263 e. The topological polar surface area (TPSA) is 74.2 Å². The van der Waals surface area contributed by atoms with Crippen molar-refractivity contribution in [2.45, 2.75) is 25.5 Å². The third-order valence-corrected chi connectivity index (χ3v) is 4.18. The number of anilines is 1. The normalized spacial score (nSPS) is 13.5. The van der Waals surface area contributed by atoms with Crippen molar-refractivity contribution in [3.63, 3.8) is 0 Å². The number of aliphatic hydroxyl groups is 1. The van der Waals surface area contributed by atoms with Crippen molar-refractivity contribution in [2.24, 2.45) is 0 Å². The molecule has 0 aliphatic heterocycles. The first kappa shape index (κ1) is 15.5. The molecule has 0 fully saturated rings. The van der Waals surface area contributed by atoms with E-state index in [0.29, 0.717) is 16.4 Å². The fraction of sp³-hybridized carbons (Fsp3) is 0.333. The highest BCUT2D eigenvalue weighted by Crippen LogP contribution is 2.17. The number of benzene rings is 1. The van der Waals surface area contributed by atoms with Gasteiger partial charge >= 0.3 is 0 Å². The zero-order chi connectivity index (χ0) is 15.2. The lowest BCUT2D eigenvalue weighted by Gasteiger charge is -2.20. The summed E-state index contributed by atoms with van der Waals surface area (Å²) >= 11 is 1.28. The summed E-state index contributed by atoms with van der Waals surface area (Å²) in [5, 5.41) is 16.6. The number of aromatic nitrogens is 1. The Balaban J connectivity index is 1.91. The van der Waals surface area contributed by atoms with Gasteiger partial charge in [0.15, 0.2) is 5.13 Å². The van der Waals surface area contributed by atoms with Crippen molar-refractivity contribution in [3.8, 4) is 0 Å². The second-order valence-electron chi connectivity index (χ2n) is 4.80. The van der Waals surface area contributed by atoms with Gasteiger partial charge in [-0.25, -0.2) is 4.98 Å². The first-order valence-electron chi connectivity index (χ1n) is 6.76. The molecule has 6 heteroatoms. The summed E-state index contributed by atoms with van der Waals surface area (Å²) < 4.78 is 0. The summed E-state index contributed by atoms with van der Waals surface area (Å²) in [4.78, 5) is 16.6. The summed E-state index contributed by atoms with van der Waals surface area (Å²) in [6.45, 7) is 1.80. The SMILES string of the molecule is CNc1ncc(C(=O)NC(C)C(O)Cc2ccccc2)s1. The quantitative estimate of drug-likeness (QED) is 0.762. The number of nitrogens with one attached hydrogen (secondary N) is 2. The molecule has 2 rings (SSSR count). The molecular weight excluding hydrogens is 286 g/mol. The standard InChI is InChI=1S/C15H19N3O2S/c1-10(12(19)8-11-6-4-3-5-7-11)18-14(20)13-9-17-15(16-2)21-13/h3-7,9-10,12,19H,8H2,1-2H3,(H,16,17)(H,18,20). The van der Waals surface area contributed by atoms with Crippen molar-refractivity contribution in [1.82, 2.24) is 10.3 Å². The Hall–Kier alpha value is -1.92. The number of amides is 1. The molecule has 2 atom stereocenters. The van der Waals surface area contributed by atoms with Gasteiger partial charge in [-0.15, -0.1) is 0 Å². The number of aliphatic hydroxyl groups excluding tert-OH is 1. The summed E-state index contributed by atoms with van der Waals surface area (Å²) in [5.41, 5.74) is 1.04. The van der Waals surface area contributed by atoms with E-state index in [-0.39, 0.29) is 11.9 Å². The molecule has 0 spiro atoms. The van der Waals surface area contributed by atoms with E-state index in [0.717, 1.165) is 5.56 Å². The molecule has 2 aromatic rings. The average molecular weight is 305 g/mol. The molecule has 0 saturated heterocycles. The molecule has 2 unspecified atom stereocenters. The van der Waals surface area contributed by atoms with E-state index in [1.54, 1.807) is 14.0 Å². The molecule has 0 aliphatic rings. The Kier molecular flexibility index (Phi) is 5.30. The van der Waals surface area contributed by atoms with Crippen LogP contribution in [-0.2, 0) is 6.42 Å². The Morgan fingerprint density at radius 2 is 2.10 bits per heavy atom. The highest BCUT2D eigenvalue weighted by molar-refractivity contribution is 7.17. The lowest BCUT2D eigenvalue weighted by atomic mass is 10.0. The van der Waals surface area contributed by atoms with Crippen LogP contribution in [0.25, 0.3) is 0 Å². The van der Waals surface area contributed by atoms with E-state index >= 15 is 0 Å². The second-order valence-corrected chi connectivity index (χ2v) is 5.83. The molecule has 1 heterocycles. The molecule has 1 aromatic carbocycles. The number of carbonyl (C=O) groups is 1. The molecule has 21 heavy (non-hydrogen) atoms. The second kappa shape index (κ2) is 7.19. The van der Waals surface area contributed by atoms with E-state index in [4.69, 9.17) is 0 Å². The lowest BCUT2D eigenvalue weighted by molar-refractivity contribution is 0.0855. The van der Waals surface area contributed by atoms with Crippen LogP contribution in [0.5, 0.6) is 0 Å². The van der Waals surface area contributed by atoms with Crippen molar-refractivity contribution >= 4 is 22.4 Å². The number of carbonyl (C=O) groups excluding carboxylic acids is 1. The Bertz CT molecular complexity index is 586. The zero-order valence-corrected chi connectivity index (χ0v) is 12.9. The number of hydrogen-bond donors (Lipinski definition) is 3. The number of nitrogens with zero attached hydrogens (tertiary/aromatic N) is 1. The van der Waals surface area contributed by atoms with Crippen LogP contribution < -0.4 is 10.6 Å². The third kappa shape index (κ3) is 4.27. The molecule has 0 saturated carbocycles. The fourth-order valence-corrected chi connectivity index (χ4v) is 2.57. The predicted molar refractivity (Wildman–Crippen MR) is 84.7 cm³/mol. The highest BCUT2D eigenvalue weighted by Gasteiger charge is 2.19. The van der Waals surface area contributed by atoms with E-state index < -0.39 is 6.10 Å². The summed E-state index contributed by atoms with van der Waals surface area (Å²) in [6.07, 6.45) is 1.41. The predicted octanol–water partition coefficient (Wildman–Crippen LogP) is 1.91. The van der Waals surface area contributed by atoms with Crippen LogP contribution in [0, 0.1) is 0 Å². The molecular formula is C15H19N3O2S. The smallest absolute Gasteiger partial charge is 0.263 e. The van der Waals surface area contributed by atoms with Crippen molar-refractivity contribution in [3.05, 3.63) is 47.0 Å². The van der Waals surface area contributed by atoms with Gasteiger partial charge in [0.2, 0.25) is 0 Å². The highest BCUT2D eigenvalue weighted by atomic mass is 32.1. The first-order chi connectivity index (χ1) is 10.1. The summed E-state index contributed by atoms with van der Waals surface area (Å²) in [7, 11) is 1.76. The fourth-order valence-electron chi connectivity index (χ4n) is 1.90. The molecule has 112 valence electrons. The molecule has 5 nitrogen and oxygen atoms in total. The Morgan fingerprint density at radius 1 is 1.38 bits per heavy atom. The van der Waals surface area contributed by atoms with Crippen molar-refractivity contribution in [1.29, 1.82) is 0 Å². The number of rotatable bonds is 6. The Labute approximate surface area is 128 Å². The van der Waals surface area contributed by atoms with Crippen LogP contribution in [0.4, 0.5) is 5.13 Å². The van der Waals surface area contributed by atoms with Gasteiger partial charge in [-0.05, 0) is 12.5 Å². The van der Waals surface area contributed by atoms with Crippen molar-refractivity contribution in [2.75, 3.05) is 12.4 Å². The minimum Gasteiger partial charge on any atom is -0.391 e. The minimum absolute atomic E-state index is 0.214. The van der Waals surface area contributed by atoms with E-state index in [1.165, 1.54) is 17.5 Å². The van der Waals surface area contributed by atoms with Crippen molar-refractivity contribution < 1.29 is 9.90 Å². The summed E-state index contributed by atoms with van der Waals surface area (Å²) in [6, 6.07) is 9.38. The molecule has 1 aromatic heterocycles. The molecule has 3 N–H and O–H groups in total. The van der Waals surface area contributed by atoms with Crippen LogP contribution in [0.3, 0.4) is 0 Å². The van der Waals surface area contributed by atoms with Crippen LogP contribution in [0.2, 0.25) is 0 Å². The maximum absolute atomic E-state index is 12.1. The van der Waals surface area contributed by atoms with E-state index in [1.807, 2.05) is 30.3 Å². The van der Waals surface area contributed by atoms with Crippen LogP contribution in [0.15, 0.2) is 36.5 Å². The largest absolute Gasteiger partial charge is 0.391 e. The number of thiazole rings is 1. The Morgan fingerprint density at radius 3 is 2.71 bits per heavy atom. The van der Waals surface area contributed by atoms with E-state index in [2.05, 4.69) is 15.6 Å². The van der Waals surface area contributed by atoms with Gasteiger partial charge in [0.1, 0.15) is 4.88 Å². The lowest BCUT2D eigenvalue weighted by Crippen LogP contribution is -2.41. The van der Waals surface area contributed by atoms with Crippen LogP contribution >= 0.6 is 11.3 Å². The zero-order valence-electron chi connectivity index (χ0n) is 12.0. The molecule has 0 aliphatic carbocycles. The number of hydrogen-bond acceptors (Lipinski definition) is 5. The average Bonchev–Trinajstić information content (AvgIpc) is 2.97. The van der Waals surface area contributed by atoms with Gasteiger partial charge < -0.3 is 15.7 Å². The third-order valence-electron chi connectivity index (χ3n) is 3.17. The van der Waals surface area contributed by atoms with Gasteiger partial charge in [-0.2, -0.15) is 0 Å². The maximum atomic E-state index is 12.1. The van der Waals surface area contributed by atoms with Crippen LogP contribution in [0.1, 0.15) is 22.2 Å². The van der Waals surface area contributed by atoms with Gasteiger partial charge in [0.25, 0.3) is 5.91 Å². The molecule has 1 amide bonds. The van der Waals surface area contributed by atoms with Crippen LogP contribution in [-0.4, -0.2) is 35.2 Å². The van der Waals surface area contributed by atoms with Gasteiger partial charge in [-0.1, -0.05) is 41.7 Å². The van der Waals surface area contributed by atoms with Gasteiger partial charge in [0, 0.05) is 13.5 Å². The van der Waals surface area contributed by atoms with Gasteiger partial charge in [-0.3, -0.25) is 4.79 Å².